The van der Waals surface area contributed by atoms with Gasteiger partial charge >= 0.3 is 0 Å². The van der Waals surface area contributed by atoms with E-state index in [1.807, 2.05) is 13.8 Å². The molecule has 1 rings (SSSR count). The van der Waals surface area contributed by atoms with E-state index >= 15 is 0 Å². The van der Waals surface area contributed by atoms with Gasteiger partial charge in [-0.05, 0) is 6.92 Å². The predicted octanol–water partition coefficient (Wildman–Crippen LogP) is 1.62. The van der Waals surface area contributed by atoms with E-state index in [0.29, 0.717) is 11.4 Å². The zero-order valence-corrected chi connectivity index (χ0v) is 7.53. The van der Waals surface area contributed by atoms with E-state index in [2.05, 4.69) is 9.97 Å². The maximum absolute atomic E-state index is 11.4. The van der Waals surface area contributed by atoms with Crippen molar-refractivity contribution in [2.75, 3.05) is 0 Å². The second-order valence-electron chi connectivity index (χ2n) is 3.04. The van der Waals surface area contributed by atoms with Crippen LogP contribution in [0.5, 0.6) is 0 Å². The van der Waals surface area contributed by atoms with Gasteiger partial charge in [0.2, 0.25) is 0 Å². The molecule has 0 saturated heterocycles. The fraction of sp³-hybridized carbons (Fsp3) is 0.444. The van der Waals surface area contributed by atoms with E-state index in [9.17, 15) is 4.79 Å². The number of carbonyl (C=O) groups is 1. The highest BCUT2D eigenvalue weighted by Crippen LogP contribution is 2.05. The normalized spacial score (nSPS) is 10.3. The third-order valence-electron chi connectivity index (χ3n) is 1.59. The Morgan fingerprint density at radius 2 is 1.83 bits per heavy atom. The van der Waals surface area contributed by atoms with Crippen molar-refractivity contribution in [1.82, 2.24) is 9.97 Å². The minimum Gasteiger partial charge on any atom is -0.294 e. The molecule has 0 aliphatic rings. The SMILES string of the molecule is Cc1ncc(C(=O)C(C)C)cn1. The number of hydrogen-bond acceptors (Lipinski definition) is 3. The fourth-order valence-electron chi connectivity index (χ4n) is 0.853. The number of aryl methyl sites for hydroxylation is 1. The molecule has 0 aliphatic carbocycles. The zero-order valence-electron chi connectivity index (χ0n) is 7.53. The van der Waals surface area contributed by atoms with Gasteiger partial charge in [-0.3, -0.25) is 4.79 Å². The van der Waals surface area contributed by atoms with Gasteiger partial charge in [0, 0.05) is 18.3 Å². The molecule has 64 valence electrons. The van der Waals surface area contributed by atoms with Crippen molar-refractivity contribution >= 4 is 5.78 Å². The first-order valence-corrected chi connectivity index (χ1v) is 3.94. The van der Waals surface area contributed by atoms with Crippen molar-refractivity contribution in [2.24, 2.45) is 5.92 Å². The van der Waals surface area contributed by atoms with Gasteiger partial charge in [-0.2, -0.15) is 0 Å². The molecule has 1 aromatic heterocycles. The van der Waals surface area contributed by atoms with Crippen LogP contribution in [-0.2, 0) is 0 Å². The second-order valence-corrected chi connectivity index (χ2v) is 3.04. The van der Waals surface area contributed by atoms with Crippen LogP contribution in [0.15, 0.2) is 12.4 Å². The van der Waals surface area contributed by atoms with Gasteiger partial charge in [-0.25, -0.2) is 9.97 Å². The molecule has 1 aromatic rings. The molecular weight excluding hydrogens is 152 g/mol. The average molecular weight is 164 g/mol. The summed E-state index contributed by atoms with van der Waals surface area (Å²) in [5, 5.41) is 0. The highest BCUT2D eigenvalue weighted by atomic mass is 16.1. The summed E-state index contributed by atoms with van der Waals surface area (Å²) < 4.78 is 0. The molecule has 12 heavy (non-hydrogen) atoms. The molecule has 0 radical (unpaired) electrons. The van der Waals surface area contributed by atoms with Crippen LogP contribution >= 0.6 is 0 Å². The third-order valence-corrected chi connectivity index (χ3v) is 1.59. The van der Waals surface area contributed by atoms with E-state index in [1.165, 1.54) is 0 Å². The highest BCUT2D eigenvalue weighted by molar-refractivity contribution is 5.96. The fourth-order valence-corrected chi connectivity index (χ4v) is 0.853. The van der Waals surface area contributed by atoms with Crippen molar-refractivity contribution in [3.05, 3.63) is 23.8 Å². The van der Waals surface area contributed by atoms with Crippen LogP contribution in [0.4, 0.5) is 0 Å². The Labute approximate surface area is 71.9 Å². The minimum absolute atomic E-state index is 0.0105. The molecule has 0 N–H and O–H groups in total. The maximum atomic E-state index is 11.4. The molecule has 1 heterocycles. The Morgan fingerprint density at radius 1 is 1.33 bits per heavy atom. The minimum atomic E-state index is 0.0105. The second kappa shape index (κ2) is 3.43. The Kier molecular flexibility index (Phi) is 2.53. The topological polar surface area (TPSA) is 42.9 Å². The lowest BCUT2D eigenvalue weighted by Crippen LogP contribution is -2.08. The molecule has 0 fully saturated rings. The lowest BCUT2D eigenvalue weighted by molar-refractivity contribution is 0.0938. The number of carbonyl (C=O) groups excluding carboxylic acids is 1. The molecule has 3 nitrogen and oxygen atoms in total. The molecular formula is C9H12N2O. The number of Topliss-reactive ketones (excluding diaryl/α,β-unsaturated/α-hetero) is 1. The molecule has 0 atom stereocenters. The molecule has 0 amide bonds. The van der Waals surface area contributed by atoms with E-state index in [4.69, 9.17) is 0 Å². The molecule has 0 saturated carbocycles. The van der Waals surface area contributed by atoms with Crippen LogP contribution < -0.4 is 0 Å². The summed E-state index contributed by atoms with van der Waals surface area (Å²) in [5.74, 6) is 0.793. The van der Waals surface area contributed by atoms with Crippen LogP contribution in [0.25, 0.3) is 0 Å². The summed E-state index contributed by atoms with van der Waals surface area (Å²) in [7, 11) is 0. The van der Waals surface area contributed by atoms with Crippen LogP contribution in [0, 0.1) is 12.8 Å². The lowest BCUT2D eigenvalue weighted by Gasteiger charge is -2.02. The standard InChI is InChI=1S/C9H12N2O/c1-6(2)9(12)8-4-10-7(3)11-5-8/h4-6H,1-3H3. The van der Waals surface area contributed by atoms with Crippen LogP contribution in [-0.4, -0.2) is 15.8 Å². The van der Waals surface area contributed by atoms with E-state index in [-0.39, 0.29) is 11.7 Å². The Bertz CT molecular complexity index is 277. The van der Waals surface area contributed by atoms with Crippen LogP contribution in [0.2, 0.25) is 0 Å². The van der Waals surface area contributed by atoms with Crippen molar-refractivity contribution in [1.29, 1.82) is 0 Å². The number of nitrogens with zero attached hydrogens (tertiary/aromatic N) is 2. The summed E-state index contributed by atoms with van der Waals surface area (Å²) >= 11 is 0. The zero-order chi connectivity index (χ0) is 9.14. The summed E-state index contributed by atoms with van der Waals surface area (Å²) in [6, 6.07) is 0. The number of aromatic nitrogens is 2. The highest BCUT2D eigenvalue weighted by Gasteiger charge is 2.10. The monoisotopic (exact) mass is 164 g/mol. The summed E-state index contributed by atoms with van der Waals surface area (Å²) in [5.41, 5.74) is 0.593. The average Bonchev–Trinajstić information content (AvgIpc) is 2.04. The van der Waals surface area contributed by atoms with E-state index in [1.54, 1.807) is 19.3 Å². The van der Waals surface area contributed by atoms with Crippen molar-refractivity contribution in [3.63, 3.8) is 0 Å². The van der Waals surface area contributed by atoms with Gasteiger partial charge in [0.05, 0.1) is 5.56 Å². The largest absolute Gasteiger partial charge is 0.294 e. The quantitative estimate of drug-likeness (QED) is 0.624. The van der Waals surface area contributed by atoms with E-state index < -0.39 is 0 Å². The maximum Gasteiger partial charge on any atom is 0.168 e. The Hall–Kier alpha value is -1.25. The van der Waals surface area contributed by atoms with Gasteiger partial charge < -0.3 is 0 Å². The van der Waals surface area contributed by atoms with Crippen molar-refractivity contribution in [2.45, 2.75) is 20.8 Å². The van der Waals surface area contributed by atoms with Gasteiger partial charge in [-0.15, -0.1) is 0 Å². The van der Waals surface area contributed by atoms with Gasteiger partial charge in [0.25, 0.3) is 0 Å². The predicted molar refractivity (Wildman–Crippen MR) is 45.9 cm³/mol. The molecule has 0 unspecified atom stereocenters. The summed E-state index contributed by atoms with van der Waals surface area (Å²) in [4.78, 5) is 19.3. The van der Waals surface area contributed by atoms with Gasteiger partial charge in [0.15, 0.2) is 5.78 Å². The van der Waals surface area contributed by atoms with Gasteiger partial charge in [0.1, 0.15) is 5.82 Å². The Balaban J connectivity index is 2.90. The number of ketones is 1. The summed E-state index contributed by atoms with van der Waals surface area (Å²) in [6.07, 6.45) is 3.15. The van der Waals surface area contributed by atoms with Crippen LogP contribution in [0.3, 0.4) is 0 Å². The number of hydrogen-bond donors (Lipinski definition) is 0. The van der Waals surface area contributed by atoms with Gasteiger partial charge in [-0.1, -0.05) is 13.8 Å². The van der Waals surface area contributed by atoms with Crippen molar-refractivity contribution < 1.29 is 4.79 Å². The molecule has 3 heteroatoms. The van der Waals surface area contributed by atoms with Crippen LogP contribution in [0.1, 0.15) is 30.0 Å². The third kappa shape index (κ3) is 1.87. The smallest absolute Gasteiger partial charge is 0.168 e. The molecule has 0 aliphatic heterocycles. The lowest BCUT2D eigenvalue weighted by atomic mass is 10.0. The first kappa shape index (κ1) is 8.84. The first-order valence-electron chi connectivity index (χ1n) is 3.94. The Morgan fingerprint density at radius 3 is 2.25 bits per heavy atom. The van der Waals surface area contributed by atoms with E-state index in [0.717, 1.165) is 0 Å². The molecule has 0 spiro atoms. The summed E-state index contributed by atoms with van der Waals surface area (Å²) in [6.45, 7) is 5.52. The molecule has 0 bridgehead atoms. The van der Waals surface area contributed by atoms with Crippen molar-refractivity contribution in [3.8, 4) is 0 Å². The first-order chi connectivity index (χ1) is 5.61. The molecule has 0 aromatic carbocycles. The number of rotatable bonds is 2.